The van der Waals surface area contributed by atoms with Crippen LogP contribution in [0.15, 0.2) is 11.6 Å². The van der Waals surface area contributed by atoms with Crippen molar-refractivity contribution in [3.63, 3.8) is 0 Å². The van der Waals surface area contributed by atoms with Crippen molar-refractivity contribution in [2.24, 2.45) is 0 Å². The third-order valence-electron chi connectivity index (χ3n) is 4.17. The quantitative estimate of drug-likeness (QED) is 0.392. The van der Waals surface area contributed by atoms with E-state index in [0.29, 0.717) is 0 Å². The van der Waals surface area contributed by atoms with E-state index in [1.165, 1.54) is 4.90 Å². The summed E-state index contributed by atoms with van der Waals surface area (Å²) in [4.78, 5) is 45.6. The number of carboxylic acids is 1. The number of likely N-dealkylation sites (tertiary alicyclic amines) is 1. The van der Waals surface area contributed by atoms with E-state index in [1.54, 1.807) is 0 Å². The highest BCUT2D eigenvalue weighted by atomic mass is 16.6. The molecule has 0 unspecified atom stereocenters. The second-order valence-corrected chi connectivity index (χ2v) is 5.90. The number of hydrogen-bond acceptors (Lipinski definition) is 8. The zero-order chi connectivity index (χ0) is 17.4. The minimum absolute atomic E-state index is 0.123. The fraction of sp³-hybridized carbons (Fsp3) is 0.667. The summed E-state index contributed by atoms with van der Waals surface area (Å²) in [7, 11) is 1.09. The first-order chi connectivity index (χ1) is 10.6. The van der Waals surface area contributed by atoms with Crippen molar-refractivity contribution in [1.29, 1.82) is 0 Å². The highest BCUT2D eigenvalue weighted by Gasteiger charge is 2.64. The molecular formula is C12H15N3O8. The summed E-state index contributed by atoms with van der Waals surface area (Å²) in [5.74, 6) is -2.09. The third-order valence-corrected chi connectivity index (χ3v) is 4.17. The van der Waals surface area contributed by atoms with Crippen LogP contribution in [0.2, 0.25) is 0 Å². The molecule has 0 saturated carbocycles. The van der Waals surface area contributed by atoms with Gasteiger partial charge in [-0.05, 0) is 0 Å². The summed E-state index contributed by atoms with van der Waals surface area (Å²) in [6, 6.07) is 0. The molecule has 0 aromatic heterocycles. The molecule has 1 aliphatic heterocycles. The predicted molar refractivity (Wildman–Crippen MR) is 72.9 cm³/mol. The number of nitrogens with zero attached hydrogens (tertiary/aromatic N) is 3. The summed E-state index contributed by atoms with van der Waals surface area (Å²) in [5, 5.41) is 32.0. The van der Waals surface area contributed by atoms with Gasteiger partial charge in [0, 0.05) is 21.5 Å². The van der Waals surface area contributed by atoms with Crippen molar-refractivity contribution in [3.8, 4) is 0 Å². The molecule has 0 radical (unpaired) electrons. The van der Waals surface area contributed by atoms with E-state index in [2.05, 4.69) is 4.74 Å². The topological polar surface area (TPSA) is 153 Å². The monoisotopic (exact) mass is 329 g/mol. The smallest absolute Gasteiger partial charge is 0.333 e. The Labute approximate surface area is 129 Å². The number of esters is 1. The molecule has 2 atom stereocenters. The fourth-order valence-electron chi connectivity index (χ4n) is 3.41. The molecule has 1 aliphatic carbocycles. The standard InChI is InChI=1S/C12H15N3O8/c1-23-10(18)8-2-11(14(19)20)5-12(3-8,15(21)22)7-13(6-11)4-9(16)17/h2H,3-7H2,1H3,(H,16,17)/t11-,12-/m1/s1. The van der Waals surface area contributed by atoms with E-state index in [1.807, 2.05) is 0 Å². The van der Waals surface area contributed by atoms with Crippen molar-refractivity contribution in [2.45, 2.75) is 23.9 Å². The number of carbonyl (C=O) groups is 2. The number of carbonyl (C=O) groups excluding carboxylic acids is 1. The Kier molecular flexibility index (Phi) is 4.07. The molecule has 2 aliphatic rings. The molecule has 2 rings (SSSR count). The molecule has 11 nitrogen and oxygen atoms in total. The Hall–Kier alpha value is -2.56. The van der Waals surface area contributed by atoms with Crippen LogP contribution < -0.4 is 0 Å². The maximum atomic E-state index is 11.7. The molecule has 1 fully saturated rings. The van der Waals surface area contributed by atoms with Gasteiger partial charge >= 0.3 is 11.9 Å². The van der Waals surface area contributed by atoms with Crippen molar-refractivity contribution in [1.82, 2.24) is 4.90 Å². The number of piperidine rings is 1. The summed E-state index contributed by atoms with van der Waals surface area (Å²) >= 11 is 0. The molecule has 1 N–H and O–H groups in total. The van der Waals surface area contributed by atoms with Gasteiger partial charge in [-0.25, -0.2) is 4.79 Å². The zero-order valence-electron chi connectivity index (χ0n) is 12.3. The summed E-state index contributed by atoms with van der Waals surface area (Å²) < 4.78 is 4.54. The molecule has 1 saturated heterocycles. The second kappa shape index (κ2) is 5.57. The summed E-state index contributed by atoms with van der Waals surface area (Å²) in [6.45, 7) is -1.15. The van der Waals surface area contributed by atoms with Gasteiger partial charge in [-0.15, -0.1) is 0 Å². The van der Waals surface area contributed by atoms with E-state index in [9.17, 15) is 29.8 Å². The number of aliphatic carboxylic acids is 1. The number of fused-ring (bicyclic) bond motifs is 2. The predicted octanol–water partition coefficient (Wildman–Crippen LogP) is -0.689. The minimum atomic E-state index is -1.89. The first-order valence-electron chi connectivity index (χ1n) is 6.67. The van der Waals surface area contributed by atoms with Gasteiger partial charge in [0.2, 0.25) is 5.54 Å². The Morgan fingerprint density at radius 2 is 2.00 bits per heavy atom. The largest absolute Gasteiger partial charge is 0.480 e. The molecular weight excluding hydrogens is 314 g/mol. The maximum absolute atomic E-state index is 11.7. The first-order valence-corrected chi connectivity index (χ1v) is 6.67. The Bertz CT molecular complexity index is 617. The van der Waals surface area contributed by atoms with E-state index in [-0.39, 0.29) is 25.1 Å². The maximum Gasteiger partial charge on any atom is 0.333 e. The van der Waals surface area contributed by atoms with Crippen LogP contribution in [-0.2, 0) is 14.3 Å². The normalized spacial score (nSPS) is 30.2. The van der Waals surface area contributed by atoms with Crippen LogP contribution >= 0.6 is 0 Å². The average Bonchev–Trinajstić information content (AvgIpc) is 2.44. The van der Waals surface area contributed by atoms with Gasteiger partial charge < -0.3 is 9.84 Å². The van der Waals surface area contributed by atoms with Crippen molar-refractivity contribution >= 4 is 11.9 Å². The first kappa shape index (κ1) is 16.8. The highest BCUT2D eigenvalue weighted by molar-refractivity contribution is 5.89. The number of methoxy groups -OCH3 is 1. The summed E-state index contributed by atoms with van der Waals surface area (Å²) in [5.41, 5.74) is -3.80. The van der Waals surface area contributed by atoms with E-state index in [0.717, 1.165) is 13.2 Å². The van der Waals surface area contributed by atoms with Gasteiger partial charge in [0.05, 0.1) is 39.6 Å². The van der Waals surface area contributed by atoms with Crippen LogP contribution in [0.25, 0.3) is 0 Å². The van der Waals surface area contributed by atoms with Gasteiger partial charge in [-0.1, -0.05) is 0 Å². The van der Waals surface area contributed by atoms with Gasteiger partial charge in [0.15, 0.2) is 0 Å². The number of nitro groups is 2. The molecule has 0 aromatic rings. The van der Waals surface area contributed by atoms with Gasteiger partial charge in [0.25, 0.3) is 5.54 Å². The lowest BCUT2D eigenvalue weighted by atomic mass is 9.69. The number of rotatable bonds is 5. The minimum Gasteiger partial charge on any atom is -0.480 e. The molecule has 2 bridgehead atoms. The van der Waals surface area contributed by atoms with Crippen LogP contribution in [-0.4, -0.2) is 69.6 Å². The molecule has 0 spiro atoms. The lowest BCUT2D eigenvalue weighted by Crippen LogP contribution is -2.67. The van der Waals surface area contributed by atoms with E-state index in [4.69, 9.17) is 5.11 Å². The van der Waals surface area contributed by atoms with Crippen LogP contribution in [0.1, 0.15) is 12.8 Å². The highest BCUT2D eigenvalue weighted by Crippen LogP contribution is 2.43. The van der Waals surface area contributed by atoms with E-state index < -0.39 is 45.8 Å². The Morgan fingerprint density at radius 1 is 1.35 bits per heavy atom. The van der Waals surface area contributed by atoms with Gasteiger partial charge in [-0.2, -0.15) is 0 Å². The molecule has 1 heterocycles. The average molecular weight is 329 g/mol. The van der Waals surface area contributed by atoms with Gasteiger partial charge in [-0.3, -0.25) is 29.9 Å². The van der Waals surface area contributed by atoms with Crippen LogP contribution in [0.5, 0.6) is 0 Å². The molecule has 23 heavy (non-hydrogen) atoms. The van der Waals surface area contributed by atoms with Crippen molar-refractivity contribution in [2.75, 3.05) is 26.7 Å². The van der Waals surface area contributed by atoms with E-state index >= 15 is 0 Å². The fourth-order valence-corrected chi connectivity index (χ4v) is 3.41. The molecule has 0 amide bonds. The SMILES string of the molecule is COC(=O)C1=C[C@]2([N+](=O)[O-])CN(CC(=O)O)C[C@@]([N+](=O)[O-])(C1)C2. The summed E-state index contributed by atoms with van der Waals surface area (Å²) in [6.07, 6.45) is 0.351. The van der Waals surface area contributed by atoms with Crippen LogP contribution in [0, 0.1) is 20.2 Å². The lowest BCUT2D eigenvalue weighted by Gasteiger charge is -2.44. The molecule has 11 heteroatoms. The Balaban J connectivity index is 2.54. The molecule has 126 valence electrons. The van der Waals surface area contributed by atoms with Crippen LogP contribution in [0.4, 0.5) is 0 Å². The van der Waals surface area contributed by atoms with Crippen molar-refractivity contribution in [3.05, 3.63) is 31.9 Å². The van der Waals surface area contributed by atoms with Gasteiger partial charge in [0.1, 0.15) is 0 Å². The Morgan fingerprint density at radius 3 is 2.48 bits per heavy atom. The van der Waals surface area contributed by atoms with Crippen molar-refractivity contribution < 1.29 is 29.3 Å². The van der Waals surface area contributed by atoms with Crippen LogP contribution in [0.3, 0.4) is 0 Å². The number of ether oxygens (including phenoxy) is 1. The second-order valence-electron chi connectivity index (χ2n) is 5.90. The lowest BCUT2D eigenvalue weighted by molar-refractivity contribution is -0.619. The number of hydrogen-bond donors (Lipinski definition) is 1. The zero-order valence-corrected chi connectivity index (χ0v) is 12.3. The number of carboxylic acid groups (broad SMARTS) is 1. The third kappa shape index (κ3) is 2.86. The molecule has 0 aromatic carbocycles.